The highest BCUT2D eigenvalue weighted by molar-refractivity contribution is 8.01. The summed E-state index contributed by atoms with van der Waals surface area (Å²) in [6.07, 6.45) is 91.9. The maximum Gasteiger partial charge on any atom is 0.0611 e. The van der Waals surface area contributed by atoms with E-state index in [9.17, 15) is 0 Å². The van der Waals surface area contributed by atoms with Gasteiger partial charge in [0.1, 0.15) is 0 Å². The van der Waals surface area contributed by atoms with E-state index in [-0.39, 0.29) is 0 Å². The molecule has 0 radical (unpaired) electrons. The summed E-state index contributed by atoms with van der Waals surface area (Å²) in [6.45, 7) is 80.8. The third kappa shape index (κ3) is 45.3. The molecule has 14 atom stereocenters. The van der Waals surface area contributed by atoms with Gasteiger partial charge >= 0.3 is 0 Å². The van der Waals surface area contributed by atoms with Gasteiger partial charge in [0.2, 0.25) is 0 Å². The third-order valence-corrected chi connectivity index (χ3v) is 40.2. The Morgan fingerprint density at radius 3 is 0.522 bits per heavy atom. The highest BCUT2D eigenvalue weighted by atomic mass is 32.2. The third-order valence-electron chi connectivity index (χ3n) is 36.6. The van der Waals surface area contributed by atoms with Gasteiger partial charge in [0.25, 0.3) is 0 Å². The van der Waals surface area contributed by atoms with Crippen molar-refractivity contribution in [2.75, 3.05) is 0 Å². The van der Waals surface area contributed by atoms with Gasteiger partial charge in [0.15, 0.2) is 0 Å². The van der Waals surface area contributed by atoms with Crippen LogP contribution in [0.3, 0.4) is 0 Å². The summed E-state index contributed by atoms with van der Waals surface area (Å²) in [5, 5.41) is 4.39. The Morgan fingerprint density at radius 1 is 0.159 bits per heavy atom. The number of rotatable bonds is 0. The Morgan fingerprint density at radius 2 is 0.348 bits per heavy atom. The van der Waals surface area contributed by atoms with E-state index in [1.165, 1.54) is 245 Å². The maximum atomic E-state index is 5.84. The van der Waals surface area contributed by atoms with E-state index in [4.69, 9.17) is 9.47 Å². The first-order chi connectivity index (χ1) is 68.1. The van der Waals surface area contributed by atoms with Crippen LogP contribution in [0.25, 0.3) is 0 Å². The molecule has 25 saturated carbocycles. The second-order valence-electron chi connectivity index (χ2n) is 44.1. The Balaban J connectivity index is 0. The van der Waals surface area contributed by atoms with Crippen molar-refractivity contribution in [3.8, 4) is 0 Å². The molecule has 33 aliphatic rings. The zero-order valence-corrected chi connectivity index (χ0v) is 105. The minimum absolute atomic E-state index is 0.671. The van der Waals surface area contributed by atoms with Crippen molar-refractivity contribution in [3.05, 3.63) is 0 Å². The minimum atomic E-state index is 0.671. The van der Waals surface area contributed by atoms with Gasteiger partial charge in [0, 0.05) is 21.0 Å². The lowest BCUT2D eigenvalue weighted by Gasteiger charge is -2.49. The molecule has 28 bridgehead atoms. The summed E-state index contributed by atoms with van der Waals surface area (Å²) < 4.78 is 11.3. The van der Waals surface area contributed by atoms with Crippen LogP contribution >= 0.6 is 23.5 Å². The van der Waals surface area contributed by atoms with Crippen molar-refractivity contribution in [1.29, 1.82) is 0 Å². The molecule has 8 aliphatic heterocycles. The molecule has 33 rings (SSSR count). The Kier molecular flexibility index (Phi) is 89.9. The summed E-state index contributed by atoms with van der Waals surface area (Å²) in [7, 11) is 0. The van der Waals surface area contributed by atoms with Gasteiger partial charge in [-0.15, -0.1) is 0 Å². The molecule has 138 heavy (non-hydrogen) atoms. The van der Waals surface area contributed by atoms with Crippen LogP contribution in [0.1, 0.15) is 649 Å². The zero-order valence-electron chi connectivity index (χ0n) is 103. The van der Waals surface area contributed by atoms with Gasteiger partial charge in [-0.2, -0.15) is 23.5 Å². The molecular weight excluding hydrogens is 1710 g/mol. The van der Waals surface area contributed by atoms with Crippen molar-refractivity contribution in [2.45, 2.75) is 695 Å². The van der Waals surface area contributed by atoms with Crippen molar-refractivity contribution in [3.63, 3.8) is 0 Å². The lowest BCUT2D eigenvalue weighted by Crippen LogP contribution is -2.38. The summed E-state index contributed by atoms with van der Waals surface area (Å²) >= 11 is 4.56. The van der Waals surface area contributed by atoms with Crippen molar-refractivity contribution in [1.82, 2.24) is 0 Å². The molecule has 33 fully saturated rings. The second kappa shape index (κ2) is 88.2. The normalized spacial score (nSPS) is 39.6. The average molecular weight is 1980 g/mol. The second-order valence-corrected chi connectivity index (χ2v) is 47.2. The van der Waals surface area contributed by atoms with Gasteiger partial charge < -0.3 is 9.47 Å². The molecule has 14 unspecified atom stereocenters. The first-order valence-corrected chi connectivity index (χ1v) is 68.6. The maximum absolute atomic E-state index is 5.84. The van der Waals surface area contributed by atoms with Crippen LogP contribution in [0, 0.1) is 166 Å². The van der Waals surface area contributed by atoms with Crippen LogP contribution in [0.15, 0.2) is 0 Å². The Labute approximate surface area is 887 Å². The first kappa shape index (κ1) is 141. The fourth-order valence-electron chi connectivity index (χ4n) is 33.6. The Bertz CT molecular complexity index is 2060. The molecular formula is C134H272O2S2. The summed E-state index contributed by atoms with van der Waals surface area (Å²) in [4.78, 5) is 0. The number of hydrogen-bond donors (Lipinski definition) is 0. The van der Waals surface area contributed by atoms with Crippen LogP contribution < -0.4 is 0 Å². The fraction of sp³-hybridized carbons (Fsp3) is 1.00. The quantitative estimate of drug-likeness (QED) is 0.225. The van der Waals surface area contributed by atoms with Crippen molar-refractivity contribution < 1.29 is 9.47 Å². The number of ether oxygens (including phenoxy) is 2. The molecule has 0 N–H and O–H groups in total. The van der Waals surface area contributed by atoms with Gasteiger partial charge in [-0.25, -0.2) is 0 Å². The average Bonchev–Trinajstić information content (AvgIpc) is 1.56. The monoisotopic (exact) mass is 1980 g/mol. The largest absolute Gasteiger partial charge is 0.375 e. The van der Waals surface area contributed by atoms with E-state index in [0.29, 0.717) is 24.4 Å². The van der Waals surface area contributed by atoms with E-state index in [0.717, 1.165) is 44.7 Å². The molecule has 25 aliphatic carbocycles. The smallest absolute Gasteiger partial charge is 0.0611 e. The molecule has 8 heterocycles. The van der Waals surface area contributed by atoms with Crippen LogP contribution in [0.5, 0.6) is 0 Å². The standard InChI is InChI=1S/C12H18.C11H18.3C10H16.C9H14O.C9H14S.C8H14.C6H10O.C6H10S.3C3H8.17C2H6/c1-2-8-5-7(1)11-9-3-4-10(6-9)12(8)11;1-2-10-8-4-6-9(7-5-8)11(10)3-1;3*1-7-2-9-4-8(1)5-10(3-7)6-9;2*1-2-6-7(3-1)9-5-4-8(6)10-9;1-2-8-5-3-7(1)4-6-8;2*1-2-6-4-3-5(1)7-6;3*1-3-2;17*1-2/h7-12H,1-6H2;8-11H,1-7H2;3*7-10H,1-6H2;2*6-9H,1-5H2;7-8H,1-6H2;2*5-6H,1-4H2;3*3H2,1-2H3;17*1-2H3. The SMILES string of the molecule is C1C2CC3CC1CC(C2)C3.C1C2CC3CC1CC(C2)C3.C1C2CC3CC1CC(C2)C3.C1CC2C3CCC(CC3)C2C1.C1CC2C3CCC(O3)C2C1.C1CC2C3CCC(S3)C2C1.C1CC2CC1C1C3CCC(C3)C21.C1CC2CCC1CC2.C1CC2CCC1O2.C1CC2CCC1S2.CC.CC.CC.CC.CC.CC.CC.CC.CC.CC.CC.CC.CC.CC.CC.CC.CC.CCC.CCC.CCC. The van der Waals surface area contributed by atoms with E-state index in [1.807, 2.05) is 235 Å². The van der Waals surface area contributed by atoms with Gasteiger partial charge in [-0.3, -0.25) is 0 Å². The zero-order chi connectivity index (χ0) is 105. The van der Waals surface area contributed by atoms with E-state index in [2.05, 4.69) is 65.1 Å². The predicted molar refractivity (Wildman–Crippen MR) is 640 cm³/mol. The topological polar surface area (TPSA) is 18.5 Å². The van der Waals surface area contributed by atoms with Crippen LogP contribution in [-0.2, 0) is 9.47 Å². The van der Waals surface area contributed by atoms with Gasteiger partial charge in [0.05, 0.1) is 24.4 Å². The van der Waals surface area contributed by atoms with Crippen LogP contribution in [-0.4, -0.2) is 45.4 Å². The van der Waals surface area contributed by atoms with E-state index >= 15 is 0 Å². The lowest BCUT2D eigenvalue weighted by molar-refractivity contribution is 0.0197. The number of thioether (sulfide) groups is 2. The molecule has 4 heteroatoms. The fourth-order valence-corrected chi connectivity index (χ4v) is 37.3. The highest BCUT2D eigenvalue weighted by Gasteiger charge is 2.60. The summed E-state index contributed by atoms with van der Waals surface area (Å²) in [6, 6.07) is 0. The van der Waals surface area contributed by atoms with Crippen LogP contribution in [0.2, 0.25) is 0 Å². The first-order valence-electron chi connectivity index (χ1n) is 66.7. The lowest BCUT2D eigenvalue weighted by atomic mass is 9.56. The summed E-state index contributed by atoms with van der Waals surface area (Å²) in [5.41, 5.74) is 0. The van der Waals surface area contributed by atoms with Gasteiger partial charge in [-0.05, 0) is 461 Å². The molecule has 0 aromatic carbocycles. The van der Waals surface area contributed by atoms with Crippen LogP contribution in [0.4, 0.5) is 0 Å². The van der Waals surface area contributed by atoms with E-state index < -0.39 is 0 Å². The summed E-state index contributed by atoms with van der Waals surface area (Å²) in [5.74, 6) is 32.8. The molecule has 832 valence electrons. The molecule has 0 amide bonds. The molecule has 0 aromatic heterocycles. The number of fused-ring (bicyclic) bond motifs is 28. The van der Waals surface area contributed by atoms with Crippen molar-refractivity contribution >= 4 is 23.5 Å². The molecule has 8 saturated heterocycles. The number of hydrogen-bond acceptors (Lipinski definition) is 4. The van der Waals surface area contributed by atoms with E-state index in [1.54, 1.807) is 270 Å². The Hall–Kier alpha value is 0.620. The molecule has 0 spiro atoms. The molecule has 2 nitrogen and oxygen atoms in total. The van der Waals surface area contributed by atoms with Gasteiger partial charge in [-0.1, -0.05) is 354 Å². The predicted octanol–water partition coefficient (Wildman–Crippen LogP) is 47.1. The minimum Gasteiger partial charge on any atom is -0.375 e. The molecule has 0 aromatic rings. The van der Waals surface area contributed by atoms with Crippen molar-refractivity contribution in [2.24, 2.45) is 166 Å². The highest BCUT2D eigenvalue weighted by Crippen LogP contribution is 2.68.